The number of carbonyl (C=O) groups excluding carboxylic acids is 1. The van der Waals surface area contributed by atoms with Gasteiger partial charge in [-0.2, -0.15) is 0 Å². The number of aliphatic carboxylic acids is 1. The van der Waals surface area contributed by atoms with Gasteiger partial charge < -0.3 is 10.0 Å². The van der Waals surface area contributed by atoms with Crippen molar-refractivity contribution in [2.24, 2.45) is 5.92 Å². The van der Waals surface area contributed by atoms with Gasteiger partial charge in [-0.05, 0) is 32.6 Å². The van der Waals surface area contributed by atoms with Gasteiger partial charge in [0.25, 0.3) is 0 Å². The standard InChI is InChI=1S/C14H27NO3/c1-11(2)10-15(12(3)4)13(16)8-6-5-7-9-14(17)18/h11-12H,5-10H2,1-4H3,(H,17,18). The number of hydrogen-bond donors (Lipinski definition) is 1. The van der Waals surface area contributed by atoms with Crippen molar-refractivity contribution in [2.75, 3.05) is 6.54 Å². The number of hydrogen-bond acceptors (Lipinski definition) is 2. The molecular formula is C14H27NO3. The molecule has 0 unspecified atom stereocenters. The molecule has 4 nitrogen and oxygen atoms in total. The van der Waals surface area contributed by atoms with Crippen molar-refractivity contribution < 1.29 is 14.7 Å². The Morgan fingerprint density at radius 3 is 2.00 bits per heavy atom. The molecule has 0 saturated heterocycles. The second-order valence-corrected chi connectivity index (χ2v) is 5.49. The van der Waals surface area contributed by atoms with Gasteiger partial charge in [-0.15, -0.1) is 0 Å². The van der Waals surface area contributed by atoms with E-state index in [0.717, 1.165) is 19.4 Å². The molecule has 0 aliphatic rings. The molecule has 18 heavy (non-hydrogen) atoms. The third kappa shape index (κ3) is 8.09. The molecule has 0 aromatic heterocycles. The summed E-state index contributed by atoms with van der Waals surface area (Å²) in [6.45, 7) is 9.08. The normalized spacial score (nSPS) is 11.0. The first-order valence-electron chi connectivity index (χ1n) is 6.85. The Balaban J connectivity index is 3.92. The van der Waals surface area contributed by atoms with Gasteiger partial charge >= 0.3 is 5.97 Å². The Morgan fingerprint density at radius 1 is 1.00 bits per heavy atom. The minimum Gasteiger partial charge on any atom is -0.481 e. The number of carboxylic acid groups (broad SMARTS) is 1. The van der Waals surface area contributed by atoms with Gasteiger partial charge in [0, 0.05) is 25.4 Å². The second-order valence-electron chi connectivity index (χ2n) is 5.49. The van der Waals surface area contributed by atoms with E-state index in [1.54, 1.807) is 0 Å². The quantitative estimate of drug-likeness (QED) is 0.646. The Labute approximate surface area is 110 Å². The van der Waals surface area contributed by atoms with Crippen molar-refractivity contribution >= 4 is 11.9 Å². The topological polar surface area (TPSA) is 57.6 Å². The maximum atomic E-state index is 12.0. The van der Waals surface area contributed by atoms with E-state index >= 15 is 0 Å². The summed E-state index contributed by atoms with van der Waals surface area (Å²) >= 11 is 0. The number of carbonyl (C=O) groups is 2. The van der Waals surface area contributed by atoms with Crippen LogP contribution in [0.2, 0.25) is 0 Å². The van der Waals surface area contributed by atoms with Gasteiger partial charge in [0.05, 0.1) is 0 Å². The largest absolute Gasteiger partial charge is 0.481 e. The lowest BCUT2D eigenvalue weighted by Gasteiger charge is -2.28. The van der Waals surface area contributed by atoms with Crippen molar-refractivity contribution in [1.82, 2.24) is 4.90 Å². The van der Waals surface area contributed by atoms with E-state index in [9.17, 15) is 9.59 Å². The van der Waals surface area contributed by atoms with Gasteiger partial charge in [-0.3, -0.25) is 9.59 Å². The highest BCUT2D eigenvalue weighted by Gasteiger charge is 2.17. The smallest absolute Gasteiger partial charge is 0.303 e. The molecule has 0 aliphatic carbocycles. The van der Waals surface area contributed by atoms with E-state index in [2.05, 4.69) is 13.8 Å². The predicted octanol–water partition coefficient (Wildman–Crippen LogP) is 2.91. The van der Waals surface area contributed by atoms with Crippen molar-refractivity contribution in [3.63, 3.8) is 0 Å². The van der Waals surface area contributed by atoms with E-state index in [1.807, 2.05) is 18.7 Å². The monoisotopic (exact) mass is 257 g/mol. The van der Waals surface area contributed by atoms with Crippen molar-refractivity contribution in [2.45, 2.75) is 65.8 Å². The minimum absolute atomic E-state index is 0.189. The molecule has 0 aromatic rings. The third-order valence-electron chi connectivity index (χ3n) is 2.79. The molecule has 1 amide bonds. The average Bonchev–Trinajstić information content (AvgIpc) is 2.24. The summed E-state index contributed by atoms with van der Waals surface area (Å²) in [7, 11) is 0. The number of amides is 1. The van der Waals surface area contributed by atoms with Crippen LogP contribution in [0.25, 0.3) is 0 Å². The molecule has 0 atom stereocenters. The highest BCUT2D eigenvalue weighted by atomic mass is 16.4. The SMILES string of the molecule is CC(C)CN(C(=O)CCCCCC(=O)O)C(C)C. The van der Waals surface area contributed by atoms with Crippen LogP contribution in [-0.4, -0.2) is 34.5 Å². The molecule has 0 spiro atoms. The van der Waals surface area contributed by atoms with Crippen LogP contribution in [0.1, 0.15) is 59.8 Å². The molecular weight excluding hydrogens is 230 g/mol. The van der Waals surface area contributed by atoms with Crippen LogP contribution in [0, 0.1) is 5.92 Å². The van der Waals surface area contributed by atoms with Crippen molar-refractivity contribution in [1.29, 1.82) is 0 Å². The fourth-order valence-corrected chi connectivity index (χ4v) is 1.87. The zero-order valence-corrected chi connectivity index (χ0v) is 12.1. The van der Waals surface area contributed by atoms with E-state index < -0.39 is 5.97 Å². The van der Waals surface area contributed by atoms with Crippen molar-refractivity contribution in [3.05, 3.63) is 0 Å². The lowest BCUT2D eigenvalue weighted by molar-refractivity contribution is -0.137. The zero-order valence-electron chi connectivity index (χ0n) is 12.1. The molecule has 1 N–H and O–H groups in total. The highest BCUT2D eigenvalue weighted by Crippen LogP contribution is 2.10. The third-order valence-corrected chi connectivity index (χ3v) is 2.79. The van der Waals surface area contributed by atoms with Crippen LogP contribution in [-0.2, 0) is 9.59 Å². The molecule has 0 radical (unpaired) electrons. The summed E-state index contributed by atoms with van der Waals surface area (Å²) in [5.74, 6) is -0.0951. The lowest BCUT2D eigenvalue weighted by Crippen LogP contribution is -2.39. The van der Waals surface area contributed by atoms with E-state index in [0.29, 0.717) is 18.8 Å². The number of nitrogens with zero attached hydrogens (tertiary/aromatic N) is 1. The fourth-order valence-electron chi connectivity index (χ4n) is 1.87. The summed E-state index contributed by atoms with van der Waals surface area (Å²) in [5.41, 5.74) is 0. The Hall–Kier alpha value is -1.06. The fraction of sp³-hybridized carbons (Fsp3) is 0.857. The molecule has 4 heteroatoms. The Morgan fingerprint density at radius 2 is 1.56 bits per heavy atom. The highest BCUT2D eigenvalue weighted by molar-refractivity contribution is 5.76. The molecule has 0 rings (SSSR count). The Bertz CT molecular complexity index is 262. The maximum absolute atomic E-state index is 12.0. The van der Waals surface area contributed by atoms with Crippen LogP contribution < -0.4 is 0 Å². The summed E-state index contributed by atoms with van der Waals surface area (Å²) in [6.07, 6.45) is 2.99. The average molecular weight is 257 g/mol. The maximum Gasteiger partial charge on any atom is 0.303 e. The number of carboxylic acids is 1. The van der Waals surface area contributed by atoms with Crippen LogP contribution >= 0.6 is 0 Å². The molecule has 0 saturated carbocycles. The summed E-state index contributed by atoms with van der Waals surface area (Å²) in [4.78, 5) is 24.3. The van der Waals surface area contributed by atoms with E-state index in [-0.39, 0.29) is 18.4 Å². The second kappa shape index (κ2) is 8.95. The van der Waals surface area contributed by atoms with Gasteiger partial charge in [-0.25, -0.2) is 0 Å². The first kappa shape index (κ1) is 16.9. The molecule has 0 aromatic carbocycles. The van der Waals surface area contributed by atoms with Crippen molar-refractivity contribution in [3.8, 4) is 0 Å². The van der Waals surface area contributed by atoms with Crippen LogP contribution in [0.4, 0.5) is 0 Å². The van der Waals surface area contributed by atoms with Crippen LogP contribution in [0.5, 0.6) is 0 Å². The Kier molecular flexibility index (Phi) is 8.42. The van der Waals surface area contributed by atoms with Crippen LogP contribution in [0.3, 0.4) is 0 Å². The first-order chi connectivity index (χ1) is 8.34. The molecule has 0 heterocycles. The van der Waals surface area contributed by atoms with E-state index in [1.165, 1.54) is 0 Å². The lowest BCUT2D eigenvalue weighted by atomic mass is 10.1. The molecule has 0 fully saturated rings. The van der Waals surface area contributed by atoms with Gasteiger partial charge in [0.15, 0.2) is 0 Å². The number of rotatable bonds is 9. The summed E-state index contributed by atoms with van der Waals surface area (Å²) in [6, 6.07) is 0.235. The zero-order chi connectivity index (χ0) is 14.1. The van der Waals surface area contributed by atoms with E-state index in [4.69, 9.17) is 5.11 Å². The molecule has 0 bridgehead atoms. The predicted molar refractivity (Wildman–Crippen MR) is 72.4 cm³/mol. The van der Waals surface area contributed by atoms with Gasteiger partial charge in [-0.1, -0.05) is 20.3 Å². The molecule has 0 aliphatic heterocycles. The van der Waals surface area contributed by atoms with Gasteiger partial charge in [0.1, 0.15) is 0 Å². The van der Waals surface area contributed by atoms with Crippen LogP contribution in [0.15, 0.2) is 0 Å². The minimum atomic E-state index is -0.759. The van der Waals surface area contributed by atoms with Gasteiger partial charge in [0.2, 0.25) is 5.91 Å². The summed E-state index contributed by atoms with van der Waals surface area (Å²) < 4.78 is 0. The summed E-state index contributed by atoms with van der Waals surface area (Å²) in [5, 5.41) is 8.51. The molecule has 106 valence electrons. The number of unbranched alkanes of at least 4 members (excludes halogenated alkanes) is 2. The first-order valence-corrected chi connectivity index (χ1v) is 6.85.